The molecule has 0 aliphatic carbocycles. The highest BCUT2D eigenvalue weighted by Gasteiger charge is 2.26. The molecule has 0 saturated carbocycles. The Kier molecular flexibility index (Phi) is 8.24. The largest absolute Gasteiger partial charge is 0.487 e. The first-order valence-corrected chi connectivity index (χ1v) is 12.4. The molecule has 2 aromatic heterocycles. The minimum Gasteiger partial charge on any atom is -0.487 e. The van der Waals surface area contributed by atoms with E-state index in [-0.39, 0.29) is 6.09 Å². The van der Waals surface area contributed by atoms with Crippen LogP contribution in [0.2, 0.25) is 0 Å². The lowest BCUT2D eigenvalue weighted by Gasteiger charge is -2.30. The molecule has 1 aromatic carbocycles. The van der Waals surface area contributed by atoms with Gasteiger partial charge in [-0.15, -0.1) is 16.4 Å². The lowest BCUT2D eigenvalue weighted by Crippen LogP contribution is -2.38. The van der Waals surface area contributed by atoms with Crippen molar-refractivity contribution in [3.05, 3.63) is 46.7 Å². The summed E-state index contributed by atoms with van der Waals surface area (Å²) in [6.45, 7) is 4.56. The predicted octanol–water partition coefficient (Wildman–Crippen LogP) is 4.59. The van der Waals surface area contributed by atoms with E-state index >= 15 is 0 Å². The molecule has 176 valence electrons. The van der Waals surface area contributed by atoms with Crippen LogP contribution < -0.4 is 4.74 Å². The molecule has 10 heteroatoms. The fourth-order valence-corrected chi connectivity index (χ4v) is 4.77. The predicted molar refractivity (Wildman–Crippen MR) is 125 cm³/mol. The number of hydrogen-bond acceptors (Lipinski definition) is 8. The number of carbonyl (C=O) groups is 1. The number of nitrogens with zero attached hydrogens (tertiary/aromatic N) is 6. The average molecular weight is 471 g/mol. The Morgan fingerprint density at radius 1 is 1.15 bits per heavy atom. The van der Waals surface area contributed by atoms with Gasteiger partial charge in [0.2, 0.25) is 0 Å². The van der Waals surface area contributed by atoms with Crippen LogP contribution in [-0.4, -0.2) is 55.9 Å². The van der Waals surface area contributed by atoms with Crippen LogP contribution in [0.25, 0.3) is 5.69 Å². The van der Waals surface area contributed by atoms with Gasteiger partial charge in [0.15, 0.2) is 0 Å². The molecule has 1 amide bonds. The number of rotatable bonds is 10. The van der Waals surface area contributed by atoms with E-state index in [1.165, 1.54) is 12.8 Å². The summed E-state index contributed by atoms with van der Waals surface area (Å²) >= 11 is 1.67. The highest BCUT2D eigenvalue weighted by Crippen LogP contribution is 2.31. The van der Waals surface area contributed by atoms with Gasteiger partial charge in [-0.3, -0.25) is 0 Å². The van der Waals surface area contributed by atoms with Crippen LogP contribution in [-0.2, 0) is 11.3 Å². The molecule has 4 rings (SSSR count). The molecule has 33 heavy (non-hydrogen) atoms. The fraction of sp³-hybridized carbons (Fsp3) is 0.522. The standard InChI is InChI=1S/C23H30N6O3S/c1-2-3-4-5-14-31-23(30)28-12-10-18(11-13-28)22-25-19(16-33-22)15-32-21-8-6-20(7-9-21)29-17-24-26-27-29/h6-9,16-18H,2-5,10-15H2,1H3. The third-order valence-corrected chi connectivity index (χ3v) is 6.79. The molecule has 0 N–H and O–H groups in total. The molecule has 1 aliphatic heterocycles. The molecule has 9 nitrogen and oxygen atoms in total. The van der Waals surface area contributed by atoms with Gasteiger partial charge in [-0.05, 0) is 54.0 Å². The number of carbonyl (C=O) groups excluding carboxylic acids is 1. The van der Waals surface area contributed by atoms with Crippen molar-refractivity contribution in [3.8, 4) is 11.4 Å². The Bertz CT molecular complexity index is 984. The number of piperidine rings is 1. The highest BCUT2D eigenvalue weighted by atomic mass is 32.1. The minimum atomic E-state index is -0.177. The molecule has 0 spiro atoms. The molecular weight excluding hydrogens is 440 g/mol. The van der Waals surface area contributed by atoms with Crippen molar-refractivity contribution >= 4 is 17.4 Å². The third-order valence-electron chi connectivity index (χ3n) is 5.73. The van der Waals surface area contributed by atoms with E-state index in [0.717, 1.165) is 60.9 Å². The van der Waals surface area contributed by atoms with Crippen molar-refractivity contribution < 1.29 is 14.3 Å². The van der Waals surface area contributed by atoms with E-state index < -0.39 is 0 Å². The van der Waals surface area contributed by atoms with E-state index in [2.05, 4.69) is 27.8 Å². The summed E-state index contributed by atoms with van der Waals surface area (Å²) < 4.78 is 12.9. The SMILES string of the molecule is CCCCCCOC(=O)N1CCC(c2nc(COc3ccc(-n4cnnn4)cc3)cs2)CC1. The molecule has 1 aliphatic rings. The van der Waals surface area contributed by atoms with Crippen molar-refractivity contribution in [1.29, 1.82) is 0 Å². The summed E-state index contributed by atoms with van der Waals surface area (Å²) in [5.41, 5.74) is 1.79. The van der Waals surface area contributed by atoms with Crippen molar-refractivity contribution in [2.75, 3.05) is 19.7 Å². The molecule has 1 fully saturated rings. The van der Waals surface area contributed by atoms with Crippen molar-refractivity contribution in [1.82, 2.24) is 30.1 Å². The second-order valence-electron chi connectivity index (χ2n) is 8.15. The summed E-state index contributed by atoms with van der Waals surface area (Å²) in [7, 11) is 0. The highest BCUT2D eigenvalue weighted by molar-refractivity contribution is 7.09. The Balaban J connectivity index is 1.19. The molecule has 1 saturated heterocycles. The molecule has 0 radical (unpaired) electrons. The zero-order valence-corrected chi connectivity index (χ0v) is 19.7. The first-order valence-electron chi connectivity index (χ1n) is 11.5. The van der Waals surface area contributed by atoms with Gasteiger partial charge in [0.05, 0.1) is 23.0 Å². The van der Waals surface area contributed by atoms with Crippen molar-refractivity contribution in [3.63, 3.8) is 0 Å². The number of amides is 1. The zero-order chi connectivity index (χ0) is 22.9. The smallest absolute Gasteiger partial charge is 0.409 e. The van der Waals surface area contributed by atoms with Gasteiger partial charge in [0.1, 0.15) is 18.7 Å². The lowest BCUT2D eigenvalue weighted by atomic mass is 9.98. The van der Waals surface area contributed by atoms with E-state index in [4.69, 9.17) is 14.5 Å². The molecule has 3 heterocycles. The number of likely N-dealkylation sites (tertiary alicyclic amines) is 1. The van der Waals surface area contributed by atoms with E-state index in [1.807, 2.05) is 29.2 Å². The summed E-state index contributed by atoms with van der Waals surface area (Å²) in [5, 5.41) is 14.3. The lowest BCUT2D eigenvalue weighted by molar-refractivity contribution is 0.0911. The van der Waals surface area contributed by atoms with Crippen LogP contribution in [0.5, 0.6) is 5.75 Å². The van der Waals surface area contributed by atoms with Crippen molar-refractivity contribution in [2.24, 2.45) is 0 Å². The van der Waals surface area contributed by atoms with Crippen LogP contribution in [0.1, 0.15) is 62.1 Å². The summed E-state index contributed by atoms with van der Waals surface area (Å²) in [5.74, 6) is 1.15. The Morgan fingerprint density at radius 2 is 1.97 bits per heavy atom. The molecule has 0 unspecified atom stereocenters. The van der Waals surface area contributed by atoms with Crippen LogP contribution in [0.4, 0.5) is 4.79 Å². The maximum Gasteiger partial charge on any atom is 0.409 e. The van der Waals surface area contributed by atoms with Gasteiger partial charge in [-0.2, -0.15) is 0 Å². The fourth-order valence-electron chi connectivity index (χ4n) is 3.80. The minimum absolute atomic E-state index is 0.177. The van der Waals surface area contributed by atoms with E-state index in [9.17, 15) is 4.79 Å². The second kappa shape index (κ2) is 11.7. The molecule has 3 aromatic rings. The Hall–Kier alpha value is -3.01. The third kappa shape index (κ3) is 6.50. The number of thiazole rings is 1. The van der Waals surface area contributed by atoms with Gasteiger partial charge in [0.25, 0.3) is 0 Å². The second-order valence-corrected chi connectivity index (χ2v) is 9.04. The summed E-state index contributed by atoms with van der Waals surface area (Å²) in [4.78, 5) is 18.9. The number of aromatic nitrogens is 5. The van der Waals surface area contributed by atoms with Gasteiger partial charge >= 0.3 is 6.09 Å². The number of ether oxygens (including phenoxy) is 2. The first kappa shape index (κ1) is 23.2. The Morgan fingerprint density at radius 3 is 2.70 bits per heavy atom. The van der Waals surface area contributed by atoms with Crippen molar-refractivity contribution in [2.45, 2.75) is 58.0 Å². The molecule has 0 bridgehead atoms. The Labute approximate surface area is 197 Å². The number of unbranched alkanes of at least 4 members (excludes halogenated alkanes) is 3. The van der Waals surface area contributed by atoms with Crippen LogP contribution >= 0.6 is 11.3 Å². The van der Waals surface area contributed by atoms with Gasteiger partial charge in [-0.1, -0.05) is 26.2 Å². The quantitative estimate of drug-likeness (QED) is 0.400. The summed E-state index contributed by atoms with van der Waals surface area (Å²) in [6, 6.07) is 7.59. The molecule has 0 atom stereocenters. The van der Waals surface area contributed by atoms with Crippen LogP contribution in [0, 0.1) is 0 Å². The van der Waals surface area contributed by atoms with Crippen LogP contribution in [0.15, 0.2) is 36.0 Å². The monoisotopic (exact) mass is 470 g/mol. The van der Waals surface area contributed by atoms with Gasteiger partial charge in [-0.25, -0.2) is 14.5 Å². The maximum atomic E-state index is 12.2. The number of hydrogen-bond donors (Lipinski definition) is 0. The topological polar surface area (TPSA) is 95.3 Å². The number of tetrazole rings is 1. The zero-order valence-electron chi connectivity index (χ0n) is 18.9. The van der Waals surface area contributed by atoms with E-state index in [0.29, 0.717) is 19.1 Å². The van der Waals surface area contributed by atoms with Gasteiger partial charge in [0, 0.05) is 24.4 Å². The number of benzene rings is 1. The van der Waals surface area contributed by atoms with Crippen LogP contribution in [0.3, 0.4) is 0 Å². The normalized spacial score (nSPS) is 14.4. The van der Waals surface area contributed by atoms with Gasteiger partial charge < -0.3 is 14.4 Å². The molecular formula is C23H30N6O3S. The van der Waals surface area contributed by atoms with E-state index in [1.54, 1.807) is 22.3 Å². The average Bonchev–Trinajstić information content (AvgIpc) is 3.56. The first-order chi connectivity index (χ1) is 16.2. The maximum absolute atomic E-state index is 12.2. The summed E-state index contributed by atoms with van der Waals surface area (Å²) in [6.07, 6.45) is 7.64.